The fourth-order valence-corrected chi connectivity index (χ4v) is 2.87. The summed E-state index contributed by atoms with van der Waals surface area (Å²) in [7, 11) is -3.71. The van der Waals surface area contributed by atoms with E-state index in [0.717, 1.165) is 6.07 Å². The van der Waals surface area contributed by atoms with E-state index in [2.05, 4.69) is 0 Å². The lowest BCUT2D eigenvalue weighted by Gasteiger charge is -2.25. The molecule has 0 spiro atoms. The van der Waals surface area contributed by atoms with E-state index in [1.54, 1.807) is 0 Å². The molecule has 1 aromatic carbocycles. The van der Waals surface area contributed by atoms with Crippen molar-refractivity contribution in [1.29, 1.82) is 0 Å². The number of fused-ring (bicyclic) bond motifs is 1. The fourth-order valence-electron chi connectivity index (χ4n) is 1.98. The highest BCUT2D eigenvalue weighted by Crippen LogP contribution is 2.36. The van der Waals surface area contributed by atoms with E-state index in [-0.39, 0.29) is 23.7 Å². The number of sulfonamides is 1. The molecule has 0 radical (unpaired) electrons. The molecule has 1 atom stereocenters. The van der Waals surface area contributed by atoms with Gasteiger partial charge >= 0.3 is 0 Å². The first-order valence-electron chi connectivity index (χ1n) is 4.99. The topological polar surface area (TPSA) is 69.4 Å². The van der Waals surface area contributed by atoms with Gasteiger partial charge in [-0.05, 0) is 6.42 Å². The molecule has 2 rings (SSSR count). The maximum absolute atomic E-state index is 13.6. The van der Waals surface area contributed by atoms with Crippen LogP contribution in [0, 0.1) is 11.6 Å². The standard InChI is InChI=1S/C10H11F2NO3S/c11-7-3-8(12)10-6(5-17(13,14)15)1-2-16-9(10)4-7/h3-4,6H,1-2,5H2,(H2,13,14,15)/t6-/m1/s1. The number of ether oxygens (including phenoxy) is 1. The first-order valence-corrected chi connectivity index (χ1v) is 6.70. The summed E-state index contributed by atoms with van der Waals surface area (Å²) < 4.78 is 53.7. The highest BCUT2D eigenvalue weighted by Gasteiger charge is 2.28. The molecular formula is C10H11F2NO3S. The van der Waals surface area contributed by atoms with Crippen LogP contribution in [0.15, 0.2) is 12.1 Å². The van der Waals surface area contributed by atoms with Gasteiger partial charge in [-0.3, -0.25) is 0 Å². The fraction of sp³-hybridized carbons (Fsp3) is 0.400. The molecule has 2 N–H and O–H groups in total. The molecule has 1 aliphatic rings. The van der Waals surface area contributed by atoms with Crippen LogP contribution in [0.2, 0.25) is 0 Å². The van der Waals surface area contributed by atoms with E-state index >= 15 is 0 Å². The normalized spacial score (nSPS) is 19.6. The molecule has 0 bridgehead atoms. The van der Waals surface area contributed by atoms with Crippen LogP contribution in [0.4, 0.5) is 8.78 Å². The number of primary sulfonamides is 1. The molecule has 0 saturated carbocycles. The Labute approximate surface area is 97.4 Å². The summed E-state index contributed by atoms with van der Waals surface area (Å²) in [5.74, 6) is -2.45. The van der Waals surface area contributed by atoms with Crippen molar-refractivity contribution in [3.8, 4) is 5.75 Å². The van der Waals surface area contributed by atoms with Crippen LogP contribution in [0.3, 0.4) is 0 Å². The van der Waals surface area contributed by atoms with Gasteiger partial charge in [-0.2, -0.15) is 0 Å². The Hall–Kier alpha value is -1.21. The van der Waals surface area contributed by atoms with Crippen LogP contribution < -0.4 is 9.88 Å². The maximum Gasteiger partial charge on any atom is 0.209 e. The van der Waals surface area contributed by atoms with Gasteiger partial charge in [0.1, 0.15) is 17.4 Å². The summed E-state index contributed by atoms with van der Waals surface area (Å²) in [6.45, 7) is 0.218. The molecule has 4 nitrogen and oxygen atoms in total. The quantitative estimate of drug-likeness (QED) is 0.869. The van der Waals surface area contributed by atoms with E-state index in [1.165, 1.54) is 0 Å². The summed E-state index contributed by atoms with van der Waals surface area (Å²) in [6.07, 6.45) is 0.339. The van der Waals surface area contributed by atoms with Crippen molar-refractivity contribution in [2.45, 2.75) is 12.3 Å². The number of rotatable bonds is 2. The Bertz CT molecular complexity index is 545. The van der Waals surface area contributed by atoms with Crippen molar-refractivity contribution < 1.29 is 21.9 Å². The van der Waals surface area contributed by atoms with Crippen LogP contribution >= 0.6 is 0 Å². The molecule has 1 aromatic rings. The summed E-state index contributed by atoms with van der Waals surface area (Å²) in [5, 5.41) is 4.94. The van der Waals surface area contributed by atoms with Gasteiger partial charge in [0.25, 0.3) is 0 Å². The predicted octanol–water partition coefficient (Wildman–Crippen LogP) is 1.12. The van der Waals surface area contributed by atoms with E-state index in [9.17, 15) is 17.2 Å². The molecule has 1 heterocycles. The number of hydrogen-bond donors (Lipinski definition) is 1. The number of nitrogens with two attached hydrogens (primary N) is 1. The number of halogens is 2. The summed E-state index contributed by atoms with van der Waals surface area (Å²) in [6, 6.07) is 1.76. The second-order valence-corrected chi connectivity index (χ2v) is 5.62. The van der Waals surface area contributed by atoms with Crippen molar-refractivity contribution in [2.24, 2.45) is 5.14 Å². The van der Waals surface area contributed by atoms with Crippen LogP contribution in [0.25, 0.3) is 0 Å². The minimum Gasteiger partial charge on any atom is -0.493 e. The van der Waals surface area contributed by atoms with E-state index in [1.807, 2.05) is 0 Å². The van der Waals surface area contributed by atoms with E-state index < -0.39 is 27.6 Å². The van der Waals surface area contributed by atoms with Crippen LogP contribution in [0.1, 0.15) is 17.9 Å². The number of hydrogen-bond acceptors (Lipinski definition) is 3. The lowest BCUT2D eigenvalue weighted by molar-refractivity contribution is 0.266. The Morgan fingerprint density at radius 3 is 2.76 bits per heavy atom. The Morgan fingerprint density at radius 2 is 2.12 bits per heavy atom. The highest BCUT2D eigenvalue weighted by molar-refractivity contribution is 7.89. The minimum absolute atomic E-state index is 0.0578. The minimum atomic E-state index is -3.71. The van der Waals surface area contributed by atoms with Crippen LogP contribution in [-0.4, -0.2) is 20.8 Å². The van der Waals surface area contributed by atoms with Crippen molar-refractivity contribution in [2.75, 3.05) is 12.4 Å². The number of benzene rings is 1. The molecule has 0 amide bonds. The van der Waals surface area contributed by atoms with Gasteiger partial charge < -0.3 is 4.74 Å². The van der Waals surface area contributed by atoms with Gasteiger partial charge in [0.15, 0.2) is 0 Å². The van der Waals surface area contributed by atoms with Crippen LogP contribution in [0.5, 0.6) is 5.75 Å². The van der Waals surface area contributed by atoms with Crippen molar-refractivity contribution in [1.82, 2.24) is 0 Å². The average Bonchev–Trinajstić information content (AvgIpc) is 2.13. The predicted molar refractivity (Wildman–Crippen MR) is 57.2 cm³/mol. The zero-order valence-electron chi connectivity index (χ0n) is 8.82. The molecule has 1 aliphatic heterocycles. The maximum atomic E-state index is 13.6. The van der Waals surface area contributed by atoms with Gasteiger partial charge in [-0.15, -0.1) is 0 Å². The second kappa shape index (κ2) is 4.23. The molecule has 0 aromatic heterocycles. The second-order valence-electron chi connectivity index (χ2n) is 3.96. The first-order chi connectivity index (χ1) is 7.87. The Balaban J connectivity index is 2.44. The smallest absolute Gasteiger partial charge is 0.209 e. The molecule has 0 fully saturated rings. The van der Waals surface area contributed by atoms with Crippen molar-refractivity contribution >= 4 is 10.0 Å². The summed E-state index contributed by atoms with van der Waals surface area (Å²) >= 11 is 0. The first kappa shape index (κ1) is 12.3. The molecule has 0 aliphatic carbocycles. The zero-order chi connectivity index (χ0) is 12.6. The third-order valence-electron chi connectivity index (χ3n) is 2.62. The molecule has 17 heavy (non-hydrogen) atoms. The molecular weight excluding hydrogens is 252 g/mol. The Morgan fingerprint density at radius 1 is 1.41 bits per heavy atom. The average molecular weight is 263 g/mol. The third-order valence-corrected chi connectivity index (χ3v) is 3.49. The molecule has 7 heteroatoms. The van der Waals surface area contributed by atoms with E-state index in [0.29, 0.717) is 12.5 Å². The zero-order valence-corrected chi connectivity index (χ0v) is 9.64. The van der Waals surface area contributed by atoms with Gasteiger partial charge in [0.05, 0.1) is 12.4 Å². The van der Waals surface area contributed by atoms with Gasteiger partial charge in [0, 0.05) is 23.6 Å². The summed E-state index contributed by atoms with van der Waals surface area (Å²) in [4.78, 5) is 0. The monoisotopic (exact) mass is 263 g/mol. The molecule has 94 valence electrons. The van der Waals surface area contributed by atoms with Gasteiger partial charge in [-0.25, -0.2) is 22.3 Å². The van der Waals surface area contributed by atoms with E-state index in [4.69, 9.17) is 9.88 Å². The van der Waals surface area contributed by atoms with Gasteiger partial charge in [-0.1, -0.05) is 0 Å². The largest absolute Gasteiger partial charge is 0.493 e. The lowest BCUT2D eigenvalue weighted by atomic mass is 9.94. The lowest BCUT2D eigenvalue weighted by Crippen LogP contribution is -2.26. The molecule has 0 saturated heterocycles. The van der Waals surface area contributed by atoms with Crippen molar-refractivity contribution in [3.05, 3.63) is 29.3 Å². The highest BCUT2D eigenvalue weighted by atomic mass is 32.2. The van der Waals surface area contributed by atoms with Crippen LogP contribution in [-0.2, 0) is 10.0 Å². The van der Waals surface area contributed by atoms with Gasteiger partial charge in [0.2, 0.25) is 10.0 Å². The molecule has 0 unspecified atom stereocenters. The van der Waals surface area contributed by atoms with Crippen molar-refractivity contribution in [3.63, 3.8) is 0 Å². The SMILES string of the molecule is NS(=O)(=O)C[C@H]1CCOc2cc(F)cc(F)c21. The Kier molecular flexibility index (Phi) is 3.05. The summed E-state index contributed by atoms with van der Waals surface area (Å²) in [5.41, 5.74) is 0.0895. The third kappa shape index (κ3) is 2.73.